The van der Waals surface area contributed by atoms with Gasteiger partial charge in [0.25, 0.3) is 5.91 Å². The average molecular weight is 428 g/mol. The first-order chi connectivity index (χ1) is 12.9. The van der Waals surface area contributed by atoms with Crippen LogP contribution in [0, 0.1) is 11.7 Å². The molecule has 0 saturated heterocycles. The molecule has 0 aliphatic carbocycles. The minimum absolute atomic E-state index is 0.162. The van der Waals surface area contributed by atoms with Crippen molar-refractivity contribution in [2.45, 2.75) is 26.3 Å². The number of benzene rings is 2. The van der Waals surface area contributed by atoms with Gasteiger partial charge in [0.2, 0.25) is 0 Å². The van der Waals surface area contributed by atoms with Gasteiger partial charge in [0.05, 0.1) is 17.4 Å². The van der Waals surface area contributed by atoms with Crippen LogP contribution >= 0.6 is 15.9 Å². The lowest BCUT2D eigenvalue weighted by atomic mass is 9.96. The van der Waals surface area contributed by atoms with Gasteiger partial charge in [-0.1, -0.05) is 41.9 Å². The summed E-state index contributed by atoms with van der Waals surface area (Å²) in [4.78, 5) is 12.8. The van der Waals surface area contributed by atoms with Crippen LogP contribution in [0.2, 0.25) is 0 Å². The molecule has 1 amide bonds. The first-order valence-corrected chi connectivity index (χ1v) is 9.67. The van der Waals surface area contributed by atoms with Crippen LogP contribution in [0.4, 0.5) is 4.39 Å². The second-order valence-corrected chi connectivity index (χ2v) is 8.07. The predicted molar refractivity (Wildman–Crippen MR) is 106 cm³/mol. The smallest absolute Gasteiger partial charge is 0.271 e. The lowest BCUT2D eigenvalue weighted by Gasteiger charge is -2.14. The largest absolute Gasteiger partial charge is 0.340 e. The first kappa shape index (κ1) is 17.9. The van der Waals surface area contributed by atoms with E-state index in [1.54, 1.807) is 16.8 Å². The molecule has 0 bridgehead atoms. The van der Waals surface area contributed by atoms with Gasteiger partial charge in [0.1, 0.15) is 11.5 Å². The Balaban J connectivity index is 1.88. The molecule has 1 aliphatic heterocycles. The highest BCUT2D eigenvalue weighted by atomic mass is 79.9. The number of amides is 1. The van der Waals surface area contributed by atoms with E-state index >= 15 is 0 Å². The number of halogens is 2. The minimum atomic E-state index is -0.317. The second-order valence-electron chi connectivity index (χ2n) is 7.15. The standard InChI is InChI=1S/C21H19BrFN3O/c1-12(2)11-17-18-19(13-3-5-14(22)6-4-13)24-21(27)20(18)26(25-17)16-9-7-15(23)8-10-16/h3-10,12,19H,11H2,1-2H3,(H,24,27). The maximum absolute atomic E-state index is 13.3. The maximum atomic E-state index is 13.3. The zero-order valence-electron chi connectivity index (χ0n) is 15.0. The molecule has 1 N–H and O–H groups in total. The van der Waals surface area contributed by atoms with E-state index in [1.807, 2.05) is 24.3 Å². The molecule has 3 aromatic rings. The highest BCUT2D eigenvalue weighted by molar-refractivity contribution is 9.10. The summed E-state index contributed by atoms with van der Waals surface area (Å²) in [6.07, 6.45) is 0.762. The number of carbonyl (C=O) groups excluding carboxylic acids is 1. The molecule has 1 unspecified atom stereocenters. The molecule has 1 aliphatic rings. The SMILES string of the molecule is CC(C)Cc1nn(-c2ccc(F)cc2)c2c1C(c1ccc(Br)cc1)NC2=O. The van der Waals surface area contributed by atoms with Crippen molar-refractivity contribution >= 4 is 21.8 Å². The summed E-state index contributed by atoms with van der Waals surface area (Å²) < 4.78 is 16.0. The van der Waals surface area contributed by atoms with Gasteiger partial charge in [0, 0.05) is 10.0 Å². The lowest BCUT2D eigenvalue weighted by Crippen LogP contribution is -2.23. The number of hydrogen-bond acceptors (Lipinski definition) is 2. The van der Waals surface area contributed by atoms with Crippen LogP contribution in [0.3, 0.4) is 0 Å². The van der Waals surface area contributed by atoms with Crippen LogP contribution < -0.4 is 5.32 Å². The molecule has 0 radical (unpaired) electrons. The van der Waals surface area contributed by atoms with Crippen LogP contribution in [-0.4, -0.2) is 15.7 Å². The quantitative estimate of drug-likeness (QED) is 0.649. The second kappa shape index (κ2) is 6.93. The fourth-order valence-electron chi connectivity index (χ4n) is 3.48. The molecule has 0 saturated carbocycles. The molecule has 0 spiro atoms. The summed E-state index contributed by atoms with van der Waals surface area (Å²) in [6.45, 7) is 4.25. The third-order valence-electron chi connectivity index (χ3n) is 4.65. The van der Waals surface area contributed by atoms with Crippen molar-refractivity contribution in [3.05, 3.63) is 81.3 Å². The van der Waals surface area contributed by atoms with Crippen molar-refractivity contribution in [2.75, 3.05) is 0 Å². The van der Waals surface area contributed by atoms with Crippen molar-refractivity contribution in [1.29, 1.82) is 0 Å². The van der Waals surface area contributed by atoms with Gasteiger partial charge in [-0.25, -0.2) is 9.07 Å². The Labute approximate surface area is 165 Å². The highest BCUT2D eigenvalue weighted by Crippen LogP contribution is 2.36. The molecule has 6 heteroatoms. The summed E-state index contributed by atoms with van der Waals surface area (Å²) in [5.74, 6) is -0.0844. The number of nitrogens with one attached hydrogen (secondary N) is 1. The third-order valence-corrected chi connectivity index (χ3v) is 5.18. The number of hydrogen-bond donors (Lipinski definition) is 1. The topological polar surface area (TPSA) is 46.9 Å². The van der Waals surface area contributed by atoms with Gasteiger partial charge in [-0.05, 0) is 54.3 Å². The number of carbonyl (C=O) groups is 1. The lowest BCUT2D eigenvalue weighted by molar-refractivity contribution is 0.0953. The Morgan fingerprint density at radius 2 is 1.81 bits per heavy atom. The van der Waals surface area contributed by atoms with Crippen molar-refractivity contribution < 1.29 is 9.18 Å². The Hall–Kier alpha value is -2.47. The first-order valence-electron chi connectivity index (χ1n) is 8.88. The summed E-state index contributed by atoms with van der Waals surface area (Å²) in [7, 11) is 0. The molecule has 0 fully saturated rings. The highest BCUT2D eigenvalue weighted by Gasteiger charge is 2.37. The predicted octanol–water partition coefficient (Wildman–Crippen LogP) is 4.81. The van der Waals surface area contributed by atoms with E-state index in [2.05, 4.69) is 35.1 Å². The monoisotopic (exact) mass is 427 g/mol. The van der Waals surface area contributed by atoms with Crippen molar-refractivity contribution in [3.63, 3.8) is 0 Å². The van der Waals surface area contributed by atoms with Crippen molar-refractivity contribution in [3.8, 4) is 5.69 Å². The van der Waals surface area contributed by atoms with E-state index < -0.39 is 0 Å². The van der Waals surface area contributed by atoms with Gasteiger partial charge in [-0.3, -0.25) is 4.79 Å². The minimum Gasteiger partial charge on any atom is -0.340 e. The summed E-state index contributed by atoms with van der Waals surface area (Å²) in [6, 6.07) is 13.7. The molecular weight excluding hydrogens is 409 g/mol. The number of fused-ring (bicyclic) bond motifs is 1. The molecule has 2 heterocycles. The number of rotatable bonds is 4. The zero-order valence-corrected chi connectivity index (χ0v) is 16.6. The summed E-state index contributed by atoms with van der Waals surface area (Å²) >= 11 is 3.45. The summed E-state index contributed by atoms with van der Waals surface area (Å²) in [5.41, 5.74) is 4.03. The van der Waals surface area contributed by atoms with E-state index in [-0.39, 0.29) is 17.8 Å². The molecule has 4 rings (SSSR count). The number of aromatic nitrogens is 2. The zero-order chi connectivity index (χ0) is 19.1. The van der Waals surface area contributed by atoms with E-state index in [1.165, 1.54) is 12.1 Å². The molecule has 4 nitrogen and oxygen atoms in total. The fraction of sp³-hybridized carbons (Fsp3) is 0.238. The van der Waals surface area contributed by atoms with E-state index in [0.717, 1.165) is 27.7 Å². The Morgan fingerprint density at radius 3 is 2.44 bits per heavy atom. The van der Waals surface area contributed by atoms with Crippen LogP contribution in [0.1, 0.15) is 47.2 Å². The average Bonchev–Trinajstić information content (AvgIpc) is 3.15. The normalized spacial score (nSPS) is 15.9. The molecule has 1 atom stereocenters. The van der Waals surface area contributed by atoms with Crippen LogP contribution in [-0.2, 0) is 6.42 Å². The van der Waals surface area contributed by atoms with E-state index in [9.17, 15) is 9.18 Å². The Kier molecular flexibility index (Phi) is 4.60. The van der Waals surface area contributed by atoms with E-state index in [4.69, 9.17) is 5.10 Å². The Morgan fingerprint density at radius 1 is 1.15 bits per heavy atom. The molecule has 2 aromatic carbocycles. The maximum Gasteiger partial charge on any atom is 0.271 e. The van der Waals surface area contributed by atoms with Crippen molar-refractivity contribution in [2.24, 2.45) is 5.92 Å². The fourth-order valence-corrected chi connectivity index (χ4v) is 3.74. The van der Waals surface area contributed by atoms with E-state index in [0.29, 0.717) is 17.3 Å². The van der Waals surface area contributed by atoms with Gasteiger partial charge >= 0.3 is 0 Å². The molecular formula is C21H19BrFN3O. The van der Waals surface area contributed by atoms with Crippen LogP contribution in [0.15, 0.2) is 53.0 Å². The molecule has 1 aromatic heterocycles. The van der Waals surface area contributed by atoms with Crippen LogP contribution in [0.25, 0.3) is 5.69 Å². The third kappa shape index (κ3) is 3.30. The van der Waals surface area contributed by atoms with Gasteiger partial charge in [-0.15, -0.1) is 0 Å². The molecule has 138 valence electrons. The summed E-state index contributed by atoms with van der Waals surface area (Å²) in [5, 5.41) is 7.82. The van der Waals surface area contributed by atoms with Gasteiger partial charge < -0.3 is 5.32 Å². The van der Waals surface area contributed by atoms with Gasteiger partial charge in [0.15, 0.2) is 0 Å². The molecule has 27 heavy (non-hydrogen) atoms. The van der Waals surface area contributed by atoms with Crippen LogP contribution in [0.5, 0.6) is 0 Å². The van der Waals surface area contributed by atoms with Gasteiger partial charge in [-0.2, -0.15) is 5.10 Å². The van der Waals surface area contributed by atoms with Crippen molar-refractivity contribution in [1.82, 2.24) is 15.1 Å². The Bertz CT molecular complexity index is 994. The number of nitrogens with zero attached hydrogens (tertiary/aromatic N) is 2.